The van der Waals surface area contributed by atoms with Gasteiger partial charge in [0.2, 0.25) is 0 Å². The van der Waals surface area contributed by atoms with E-state index in [0.29, 0.717) is 36.5 Å². The molecule has 1 aromatic carbocycles. The Kier molecular flexibility index (Phi) is 6.50. The SMILES string of the molecule is CC(NC(=O)NCCCc1nn(-c2ccccc2)c(N)c1C#N)C1CCCO1. The van der Waals surface area contributed by atoms with Gasteiger partial charge in [-0.15, -0.1) is 0 Å². The van der Waals surface area contributed by atoms with E-state index in [1.807, 2.05) is 37.3 Å². The Morgan fingerprint density at radius 3 is 2.93 bits per heavy atom. The number of aromatic nitrogens is 2. The average Bonchev–Trinajstić information content (AvgIpc) is 3.34. The highest BCUT2D eigenvalue weighted by atomic mass is 16.5. The minimum Gasteiger partial charge on any atom is -0.382 e. The van der Waals surface area contributed by atoms with E-state index >= 15 is 0 Å². The van der Waals surface area contributed by atoms with Gasteiger partial charge in [-0.05, 0) is 44.7 Å². The van der Waals surface area contributed by atoms with Crippen LogP contribution in [0.15, 0.2) is 30.3 Å². The van der Waals surface area contributed by atoms with Crippen LogP contribution in [0.25, 0.3) is 5.69 Å². The lowest BCUT2D eigenvalue weighted by Crippen LogP contribution is -2.46. The molecule has 1 saturated heterocycles. The molecule has 1 fully saturated rings. The number of nitrogens with two attached hydrogens (primary N) is 1. The normalized spacial score (nSPS) is 17.1. The highest BCUT2D eigenvalue weighted by Crippen LogP contribution is 2.21. The Hall–Kier alpha value is -3.05. The molecule has 148 valence electrons. The summed E-state index contributed by atoms with van der Waals surface area (Å²) in [5, 5.41) is 19.7. The number of rotatable bonds is 7. The van der Waals surface area contributed by atoms with Crippen molar-refractivity contribution in [3.63, 3.8) is 0 Å². The van der Waals surface area contributed by atoms with Gasteiger partial charge < -0.3 is 21.1 Å². The maximum absolute atomic E-state index is 12.0. The van der Waals surface area contributed by atoms with Crippen LogP contribution in [-0.2, 0) is 11.2 Å². The topological polar surface area (TPSA) is 118 Å². The third-order valence-electron chi connectivity index (χ3n) is 4.86. The molecule has 2 atom stereocenters. The Bertz CT molecular complexity index is 836. The number of anilines is 1. The van der Waals surface area contributed by atoms with Crippen LogP contribution >= 0.6 is 0 Å². The van der Waals surface area contributed by atoms with E-state index in [9.17, 15) is 10.1 Å². The molecule has 2 aromatic rings. The Morgan fingerprint density at radius 1 is 1.46 bits per heavy atom. The van der Waals surface area contributed by atoms with Gasteiger partial charge in [0.25, 0.3) is 0 Å². The van der Waals surface area contributed by atoms with Crippen molar-refractivity contribution >= 4 is 11.8 Å². The molecule has 3 rings (SSSR count). The van der Waals surface area contributed by atoms with Crippen molar-refractivity contribution in [2.45, 2.75) is 44.8 Å². The molecular weight excluding hydrogens is 356 g/mol. The number of nitrogens with zero attached hydrogens (tertiary/aromatic N) is 3. The molecule has 0 radical (unpaired) electrons. The number of benzene rings is 1. The lowest BCUT2D eigenvalue weighted by molar-refractivity contribution is 0.0860. The smallest absolute Gasteiger partial charge is 0.315 e. The van der Waals surface area contributed by atoms with E-state index in [4.69, 9.17) is 10.5 Å². The van der Waals surface area contributed by atoms with Gasteiger partial charge in [-0.1, -0.05) is 18.2 Å². The van der Waals surface area contributed by atoms with Gasteiger partial charge in [0.05, 0.1) is 23.5 Å². The second kappa shape index (κ2) is 9.24. The molecule has 1 aromatic heterocycles. The number of carbonyl (C=O) groups is 1. The fourth-order valence-electron chi connectivity index (χ4n) is 3.35. The van der Waals surface area contributed by atoms with Crippen LogP contribution < -0.4 is 16.4 Å². The Morgan fingerprint density at radius 2 is 2.25 bits per heavy atom. The highest BCUT2D eigenvalue weighted by Gasteiger charge is 2.23. The van der Waals surface area contributed by atoms with Gasteiger partial charge in [0.1, 0.15) is 17.5 Å². The minimum atomic E-state index is -0.210. The fraction of sp³-hybridized carbons (Fsp3) is 0.450. The molecule has 1 aliphatic heterocycles. The number of ether oxygens (including phenoxy) is 1. The van der Waals surface area contributed by atoms with Gasteiger partial charge in [-0.25, -0.2) is 9.48 Å². The van der Waals surface area contributed by atoms with Gasteiger partial charge in [0.15, 0.2) is 0 Å². The first kappa shape index (κ1) is 19.7. The van der Waals surface area contributed by atoms with Crippen LogP contribution in [0.5, 0.6) is 0 Å². The third kappa shape index (κ3) is 4.61. The number of nitriles is 1. The molecule has 2 unspecified atom stereocenters. The fourth-order valence-corrected chi connectivity index (χ4v) is 3.35. The van der Waals surface area contributed by atoms with Gasteiger partial charge in [-0.3, -0.25) is 0 Å². The number of aryl methyl sites for hydroxylation is 1. The number of urea groups is 1. The maximum Gasteiger partial charge on any atom is 0.315 e. The summed E-state index contributed by atoms with van der Waals surface area (Å²) >= 11 is 0. The van der Waals surface area contributed by atoms with Crippen molar-refractivity contribution in [2.24, 2.45) is 0 Å². The van der Waals surface area contributed by atoms with Gasteiger partial charge in [0, 0.05) is 13.2 Å². The van der Waals surface area contributed by atoms with E-state index in [1.54, 1.807) is 4.68 Å². The Labute approximate surface area is 164 Å². The summed E-state index contributed by atoms with van der Waals surface area (Å²) in [4.78, 5) is 12.0. The van der Waals surface area contributed by atoms with Gasteiger partial charge >= 0.3 is 6.03 Å². The zero-order valence-electron chi connectivity index (χ0n) is 16.0. The number of para-hydroxylation sites is 1. The molecule has 8 heteroatoms. The molecule has 0 bridgehead atoms. The number of amides is 2. The second-order valence-corrected chi connectivity index (χ2v) is 6.91. The summed E-state index contributed by atoms with van der Waals surface area (Å²) in [5.74, 6) is 0.333. The number of nitrogen functional groups attached to an aromatic ring is 1. The first-order chi connectivity index (χ1) is 13.6. The minimum absolute atomic E-state index is 0.0194. The summed E-state index contributed by atoms with van der Waals surface area (Å²) in [6, 6.07) is 11.4. The predicted molar refractivity (Wildman–Crippen MR) is 106 cm³/mol. The van der Waals surface area contributed by atoms with Crippen LogP contribution in [-0.4, -0.2) is 41.1 Å². The second-order valence-electron chi connectivity index (χ2n) is 6.91. The molecular formula is C20H26N6O2. The van der Waals surface area contributed by atoms with Crippen LogP contribution in [0, 0.1) is 11.3 Å². The monoisotopic (exact) mass is 382 g/mol. The van der Waals surface area contributed by atoms with Crippen LogP contribution in [0.2, 0.25) is 0 Å². The van der Waals surface area contributed by atoms with E-state index in [-0.39, 0.29) is 18.2 Å². The van der Waals surface area contributed by atoms with Crippen molar-refractivity contribution in [1.82, 2.24) is 20.4 Å². The van der Waals surface area contributed by atoms with Crippen molar-refractivity contribution in [2.75, 3.05) is 18.9 Å². The first-order valence-corrected chi connectivity index (χ1v) is 9.59. The molecule has 4 N–H and O–H groups in total. The number of carbonyl (C=O) groups excluding carboxylic acids is 1. The Balaban J connectivity index is 1.51. The molecule has 0 saturated carbocycles. The highest BCUT2D eigenvalue weighted by molar-refractivity contribution is 5.74. The van der Waals surface area contributed by atoms with Crippen LogP contribution in [0.1, 0.15) is 37.4 Å². The van der Waals surface area contributed by atoms with Crippen molar-refractivity contribution < 1.29 is 9.53 Å². The van der Waals surface area contributed by atoms with Gasteiger partial charge in [-0.2, -0.15) is 10.4 Å². The largest absolute Gasteiger partial charge is 0.382 e. The summed E-state index contributed by atoms with van der Waals surface area (Å²) < 4.78 is 7.16. The molecule has 8 nitrogen and oxygen atoms in total. The summed E-state index contributed by atoms with van der Waals surface area (Å²) in [6.45, 7) is 3.19. The number of hydrogen-bond donors (Lipinski definition) is 3. The van der Waals surface area contributed by atoms with Crippen LogP contribution in [0.3, 0.4) is 0 Å². The predicted octanol–water partition coefficient (Wildman–Crippen LogP) is 2.13. The summed E-state index contributed by atoms with van der Waals surface area (Å²) in [6.07, 6.45) is 3.31. The molecule has 2 amide bonds. The van der Waals surface area contributed by atoms with Crippen LogP contribution in [0.4, 0.5) is 10.6 Å². The molecule has 2 heterocycles. The number of nitrogens with one attached hydrogen (secondary N) is 2. The standard InChI is InChI=1S/C20H26N6O2/c1-14(18-10-6-12-28-18)24-20(27)23-11-5-9-17-16(13-21)19(22)26(25-17)15-7-3-2-4-8-15/h2-4,7-8,14,18H,5-6,9-12,22H2,1H3,(H2,23,24,27). The van der Waals surface area contributed by atoms with E-state index in [2.05, 4.69) is 21.8 Å². The first-order valence-electron chi connectivity index (χ1n) is 9.59. The molecule has 0 spiro atoms. The molecule has 1 aliphatic rings. The van der Waals surface area contributed by atoms with Crippen molar-refractivity contribution in [3.05, 3.63) is 41.6 Å². The lowest BCUT2D eigenvalue weighted by atomic mass is 10.1. The van der Waals surface area contributed by atoms with Crippen molar-refractivity contribution in [3.8, 4) is 11.8 Å². The zero-order valence-corrected chi connectivity index (χ0v) is 16.0. The van der Waals surface area contributed by atoms with E-state index in [0.717, 1.165) is 25.1 Å². The quantitative estimate of drug-likeness (QED) is 0.634. The van der Waals surface area contributed by atoms with Crippen molar-refractivity contribution in [1.29, 1.82) is 5.26 Å². The summed E-state index contributed by atoms with van der Waals surface area (Å²) in [5.41, 5.74) is 7.94. The zero-order chi connectivity index (χ0) is 19.9. The average molecular weight is 382 g/mol. The number of hydrogen-bond acceptors (Lipinski definition) is 5. The third-order valence-corrected chi connectivity index (χ3v) is 4.86. The molecule has 28 heavy (non-hydrogen) atoms. The summed E-state index contributed by atoms with van der Waals surface area (Å²) in [7, 11) is 0. The molecule has 0 aliphatic carbocycles. The lowest BCUT2D eigenvalue weighted by Gasteiger charge is -2.20. The maximum atomic E-state index is 12.0. The van der Waals surface area contributed by atoms with E-state index < -0.39 is 0 Å². The van der Waals surface area contributed by atoms with E-state index in [1.165, 1.54) is 0 Å².